The van der Waals surface area contributed by atoms with Crippen LogP contribution < -0.4 is 5.32 Å². The predicted octanol–water partition coefficient (Wildman–Crippen LogP) is 2.52. The van der Waals surface area contributed by atoms with Crippen LogP contribution in [0.4, 0.5) is 0 Å². The lowest BCUT2D eigenvalue weighted by Gasteiger charge is -2.09. The quantitative estimate of drug-likeness (QED) is 0.881. The molecular formula is C14H17ClN4O. The molecule has 106 valence electrons. The van der Waals surface area contributed by atoms with Crippen molar-refractivity contribution in [2.75, 3.05) is 0 Å². The molecule has 0 fully saturated rings. The fourth-order valence-electron chi connectivity index (χ4n) is 1.77. The Hall–Kier alpha value is -1.88. The van der Waals surface area contributed by atoms with Gasteiger partial charge in [0.1, 0.15) is 11.0 Å². The summed E-state index contributed by atoms with van der Waals surface area (Å²) in [5.74, 6) is 0.830. The smallest absolute Gasteiger partial charge is 0.251 e. The molecule has 1 N–H and O–H groups in total. The number of imidazole rings is 1. The average Bonchev–Trinajstić information content (AvgIpc) is 2.80. The Morgan fingerprint density at radius 2 is 2.20 bits per heavy atom. The molecule has 0 bridgehead atoms. The van der Waals surface area contributed by atoms with Crippen LogP contribution in [0.3, 0.4) is 0 Å². The lowest BCUT2D eigenvalue weighted by atomic mass is 10.1. The van der Waals surface area contributed by atoms with Crippen molar-refractivity contribution in [1.29, 1.82) is 0 Å². The van der Waals surface area contributed by atoms with Gasteiger partial charge in [0.2, 0.25) is 0 Å². The Kier molecular flexibility index (Phi) is 4.39. The molecule has 2 aromatic rings. The summed E-state index contributed by atoms with van der Waals surface area (Å²) in [6, 6.07) is 3.34. The van der Waals surface area contributed by atoms with Gasteiger partial charge in [0.05, 0.1) is 6.54 Å². The number of hydrogen-bond acceptors (Lipinski definition) is 3. The SMILES string of the molecule is CC(C)c1cc(C(=O)NCc2nccn2C)cc(Cl)n1. The number of rotatable bonds is 4. The maximum Gasteiger partial charge on any atom is 0.251 e. The first-order valence-electron chi connectivity index (χ1n) is 6.39. The van der Waals surface area contributed by atoms with E-state index < -0.39 is 0 Å². The van der Waals surface area contributed by atoms with Crippen LogP contribution in [0.15, 0.2) is 24.5 Å². The Morgan fingerprint density at radius 1 is 1.45 bits per heavy atom. The zero-order valence-corrected chi connectivity index (χ0v) is 12.5. The number of amides is 1. The molecule has 0 aromatic carbocycles. The first kappa shape index (κ1) is 14.5. The second-order valence-corrected chi connectivity index (χ2v) is 5.28. The zero-order chi connectivity index (χ0) is 14.7. The van der Waals surface area contributed by atoms with Gasteiger partial charge in [0, 0.05) is 30.7 Å². The van der Waals surface area contributed by atoms with E-state index in [1.807, 2.05) is 31.7 Å². The third-order valence-corrected chi connectivity index (χ3v) is 3.19. The van der Waals surface area contributed by atoms with Gasteiger partial charge in [0.15, 0.2) is 0 Å². The Balaban J connectivity index is 2.11. The third kappa shape index (κ3) is 3.36. The van der Waals surface area contributed by atoms with E-state index >= 15 is 0 Å². The van der Waals surface area contributed by atoms with E-state index in [1.54, 1.807) is 18.3 Å². The predicted molar refractivity (Wildman–Crippen MR) is 77.7 cm³/mol. The van der Waals surface area contributed by atoms with E-state index in [2.05, 4.69) is 15.3 Å². The standard InChI is InChI=1S/C14H17ClN4O/c1-9(2)11-6-10(7-12(15)18-11)14(20)17-8-13-16-4-5-19(13)3/h4-7,9H,8H2,1-3H3,(H,17,20). The van der Waals surface area contributed by atoms with Gasteiger partial charge in [-0.1, -0.05) is 25.4 Å². The van der Waals surface area contributed by atoms with Gasteiger partial charge in [-0.05, 0) is 18.1 Å². The fraction of sp³-hybridized carbons (Fsp3) is 0.357. The molecule has 0 saturated carbocycles. The van der Waals surface area contributed by atoms with E-state index in [9.17, 15) is 4.79 Å². The number of nitrogens with zero attached hydrogens (tertiary/aromatic N) is 3. The molecule has 0 radical (unpaired) electrons. The van der Waals surface area contributed by atoms with Crippen molar-refractivity contribution in [1.82, 2.24) is 19.9 Å². The summed E-state index contributed by atoms with van der Waals surface area (Å²) in [7, 11) is 1.88. The van der Waals surface area contributed by atoms with Crippen LogP contribution in [0.2, 0.25) is 5.15 Å². The molecule has 0 aliphatic carbocycles. The molecule has 5 nitrogen and oxygen atoms in total. The van der Waals surface area contributed by atoms with Gasteiger partial charge in [-0.15, -0.1) is 0 Å². The lowest BCUT2D eigenvalue weighted by Crippen LogP contribution is -2.24. The molecule has 0 saturated heterocycles. The maximum atomic E-state index is 12.1. The van der Waals surface area contributed by atoms with E-state index in [4.69, 9.17) is 11.6 Å². The number of pyridine rings is 1. The highest BCUT2D eigenvalue weighted by Gasteiger charge is 2.11. The van der Waals surface area contributed by atoms with Crippen molar-refractivity contribution in [2.24, 2.45) is 7.05 Å². The molecule has 2 aromatic heterocycles. The van der Waals surface area contributed by atoms with Crippen molar-refractivity contribution in [3.05, 3.63) is 46.8 Å². The number of halogens is 1. The van der Waals surface area contributed by atoms with Crippen LogP contribution in [0.1, 0.15) is 41.6 Å². The maximum absolute atomic E-state index is 12.1. The van der Waals surface area contributed by atoms with Gasteiger partial charge in [-0.25, -0.2) is 9.97 Å². The van der Waals surface area contributed by atoms with Crippen molar-refractivity contribution >= 4 is 17.5 Å². The molecule has 2 rings (SSSR count). The van der Waals surface area contributed by atoms with Crippen molar-refractivity contribution < 1.29 is 4.79 Å². The number of nitrogens with one attached hydrogen (secondary N) is 1. The molecule has 0 spiro atoms. The van der Waals surface area contributed by atoms with Crippen LogP contribution in [0, 0.1) is 0 Å². The molecule has 0 atom stereocenters. The second-order valence-electron chi connectivity index (χ2n) is 4.90. The van der Waals surface area contributed by atoms with Gasteiger partial charge < -0.3 is 9.88 Å². The Bertz CT molecular complexity index is 621. The van der Waals surface area contributed by atoms with Crippen molar-refractivity contribution in [3.63, 3.8) is 0 Å². The first-order valence-corrected chi connectivity index (χ1v) is 6.77. The molecule has 6 heteroatoms. The number of aryl methyl sites for hydroxylation is 1. The van der Waals surface area contributed by atoms with E-state index in [0.717, 1.165) is 11.5 Å². The summed E-state index contributed by atoms with van der Waals surface area (Å²) in [4.78, 5) is 20.5. The highest BCUT2D eigenvalue weighted by Crippen LogP contribution is 2.17. The van der Waals surface area contributed by atoms with Crippen LogP contribution in [0.5, 0.6) is 0 Å². The molecule has 0 unspecified atom stereocenters. The second kappa shape index (κ2) is 6.05. The average molecular weight is 293 g/mol. The summed E-state index contributed by atoms with van der Waals surface area (Å²) in [5.41, 5.74) is 1.32. The summed E-state index contributed by atoms with van der Waals surface area (Å²) in [6.45, 7) is 4.39. The first-order chi connectivity index (χ1) is 9.47. The molecule has 1 amide bonds. The van der Waals surface area contributed by atoms with Crippen molar-refractivity contribution in [3.8, 4) is 0 Å². The highest BCUT2D eigenvalue weighted by molar-refractivity contribution is 6.29. The molecule has 2 heterocycles. The summed E-state index contributed by atoms with van der Waals surface area (Å²) >= 11 is 5.96. The minimum atomic E-state index is -0.181. The lowest BCUT2D eigenvalue weighted by molar-refractivity contribution is 0.0949. The summed E-state index contributed by atoms with van der Waals surface area (Å²) in [6.07, 6.45) is 3.53. The minimum absolute atomic E-state index is 0.181. The molecule has 0 aliphatic heterocycles. The number of carbonyl (C=O) groups excluding carboxylic acids is 1. The molecule has 20 heavy (non-hydrogen) atoms. The largest absolute Gasteiger partial charge is 0.345 e. The molecule has 0 aliphatic rings. The molecular weight excluding hydrogens is 276 g/mol. The Morgan fingerprint density at radius 3 is 2.80 bits per heavy atom. The minimum Gasteiger partial charge on any atom is -0.345 e. The van der Waals surface area contributed by atoms with Crippen LogP contribution in [0.25, 0.3) is 0 Å². The number of aromatic nitrogens is 3. The zero-order valence-electron chi connectivity index (χ0n) is 11.7. The van der Waals surface area contributed by atoms with E-state index in [-0.39, 0.29) is 11.8 Å². The number of hydrogen-bond donors (Lipinski definition) is 1. The topological polar surface area (TPSA) is 59.8 Å². The summed E-state index contributed by atoms with van der Waals surface area (Å²) < 4.78 is 1.86. The van der Waals surface area contributed by atoms with E-state index in [1.165, 1.54) is 0 Å². The van der Waals surface area contributed by atoms with Gasteiger partial charge >= 0.3 is 0 Å². The van der Waals surface area contributed by atoms with Crippen LogP contribution >= 0.6 is 11.6 Å². The normalized spacial score (nSPS) is 10.8. The Labute approximate surface area is 123 Å². The summed E-state index contributed by atoms with van der Waals surface area (Å²) in [5, 5.41) is 3.16. The monoisotopic (exact) mass is 292 g/mol. The number of carbonyl (C=O) groups is 1. The van der Waals surface area contributed by atoms with Gasteiger partial charge in [-0.2, -0.15) is 0 Å². The van der Waals surface area contributed by atoms with Gasteiger partial charge in [-0.3, -0.25) is 4.79 Å². The third-order valence-electron chi connectivity index (χ3n) is 3.00. The highest BCUT2D eigenvalue weighted by atomic mass is 35.5. The van der Waals surface area contributed by atoms with Crippen LogP contribution in [-0.4, -0.2) is 20.4 Å². The van der Waals surface area contributed by atoms with Crippen molar-refractivity contribution in [2.45, 2.75) is 26.3 Å². The van der Waals surface area contributed by atoms with E-state index in [0.29, 0.717) is 17.3 Å². The van der Waals surface area contributed by atoms with Gasteiger partial charge in [0.25, 0.3) is 5.91 Å². The van der Waals surface area contributed by atoms with Crippen LogP contribution in [-0.2, 0) is 13.6 Å². The fourth-order valence-corrected chi connectivity index (χ4v) is 1.99.